The van der Waals surface area contributed by atoms with E-state index in [1.54, 1.807) is 0 Å². The highest BCUT2D eigenvalue weighted by atomic mass is 15.3. The van der Waals surface area contributed by atoms with Crippen molar-refractivity contribution in [3.8, 4) is 11.1 Å². The van der Waals surface area contributed by atoms with Gasteiger partial charge in [0.2, 0.25) is 0 Å². The average molecular weight is 278 g/mol. The lowest BCUT2D eigenvalue weighted by molar-refractivity contribution is 0.686. The summed E-state index contributed by atoms with van der Waals surface area (Å²) in [7, 11) is 0. The van der Waals surface area contributed by atoms with E-state index in [4.69, 9.17) is 0 Å². The normalized spacial score (nSPS) is 10.5. The Morgan fingerprint density at radius 1 is 1.10 bits per heavy atom. The molecule has 0 atom stereocenters. The standard InChI is InChI=1S/C17H18N4/c1-2-18-17-10-14(8-9-19-17)12-21-13-16(11-20-21)15-6-4-3-5-7-15/h3-11,13H,2,12H2,1H3,(H,18,19). The maximum Gasteiger partial charge on any atom is 0.126 e. The second kappa shape index (κ2) is 6.22. The van der Waals surface area contributed by atoms with Crippen LogP contribution in [-0.4, -0.2) is 21.3 Å². The van der Waals surface area contributed by atoms with Gasteiger partial charge in [-0.2, -0.15) is 5.10 Å². The first-order valence-corrected chi connectivity index (χ1v) is 7.12. The fraction of sp³-hybridized carbons (Fsp3) is 0.176. The van der Waals surface area contributed by atoms with Crippen LogP contribution in [0.4, 0.5) is 5.82 Å². The molecule has 4 nitrogen and oxygen atoms in total. The van der Waals surface area contributed by atoms with Gasteiger partial charge in [-0.05, 0) is 30.2 Å². The summed E-state index contributed by atoms with van der Waals surface area (Å²) in [6.45, 7) is 3.68. The highest BCUT2D eigenvalue weighted by molar-refractivity contribution is 5.61. The maximum atomic E-state index is 4.44. The fourth-order valence-corrected chi connectivity index (χ4v) is 2.27. The first-order valence-electron chi connectivity index (χ1n) is 7.12. The molecule has 1 N–H and O–H groups in total. The van der Waals surface area contributed by atoms with Crippen LogP contribution in [-0.2, 0) is 6.54 Å². The molecule has 0 spiro atoms. The highest BCUT2D eigenvalue weighted by Crippen LogP contribution is 2.18. The molecule has 2 heterocycles. The van der Waals surface area contributed by atoms with Crippen LogP contribution in [0.1, 0.15) is 12.5 Å². The maximum absolute atomic E-state index is 4.44. The molecule has 0 fully saturated rings. The highest BCUT2D eigenvalue weighted by Gasteiger charge is 2.03. The van der Waals surface area contributed by atoms with Crippen molar-refractivity contribution in [3.63, 3.8) is 0 Å². The summed E-state index contributed by atoms with van der Waals surface area (Å²) in [5.74, 6) is 0.908. The number of hydrogen-bond acceptors (Lipinski definition) is 3. The van der Waals surface area contributed by atoms with Crippen molar-refractivity contribution in [3.05, 3.63) is 66.6 Å². The molecule has 0 saturated heterocycles. The number of rotatable bonds is 5. The summed E-state index contributed by atoms with van der Waals surface area (Å²) in [6.07, 6.45) is 5.80. The number of nitrogens with one attached hydrogen (secondary N) is 1. The van der Waals surface area contributed by atoms with Crippen molar-refractivity contribution in [2.75, 3.05) is 11.9 Å². The monoisotopic (exact) mass is 278 g/mol. The van der Waals surface area contributed by atoms with Crippen molar-refractivity contribution >= 4 is 5.82 Å². The van der Waals surface area contributed by atoms with Gasteiger partial charge >= 0.3 is 0 Å². The second-order valence-corrected chi connectivity index (χ2v) is 4.87. The van der Waals surface area contributed by atoms with Gasteiger partial charge in [-0.25, -0.2) is 4.98 Å². The van der Waals surface area contributed by atoms with Crippen molar-refractivity contribution in [2.45, 2.75) is 13.5 Å². The van der Waals surface area contributed by atoms with Crippen LogP contribution < -0.4 is 5.32 Å². The number of hydrogen-bond donors (Lipinski definition) is 1. The van der Waals surface area contributed by atoms with E-state index in [2.05, 4.69) is 46.7 Å². The summed E-state index contributed by atoms with van der Waals surface area (Å²) in [4.78, 5) is 4.28. The van der Waals surface area contributed by atoms with E-state index in [-0.39, 0.29) is 0 Å². The molecule has 21 heavy (non-hydrogen) atoms. The van der Waals surface area contributed by atoms with Crippen LogP contribution in [0.25, 0.3) is 11.1 Å². The molecule has 2 aromatic heterocycles. The van der Waals surface area contributed by atoms with Gasteiger partial charge in [-0.3, -0.25) is 4.68 Å². The third-order valence-electron chi connectivity index (χ3n) is 3.27. The Balaban J connectivity index is 1.77. The minimum Gasteiger partial charge on any atom is -0.370 e. The van der Waals surface area contributed by atoms with Crippen LogP contribution in [0, 0.1) is 0 Å². The molecule has 0 bridgehead atoms. The molecule has 0 aliphatic rings. The summed E-state index contributed by atoms with van der Waals surface area (Å²) in [5.41, 5.74) is 3.51. The Hall–Kier alpha value is -2.62. The molecule has 0 saturated carbocycles. The van der Waals surface area contributed by atoms with Crippen LogP contribution >= 0.6 is 0 Å². The number of anilines is 1. The summed E-state index contributed by atoms with van der Waals surface area (Å²) in [5, 5.41) is 7.66. The van der Waals surface area contributed by atoms with Gasteiger partial charge in [0, 0.05) is 24.5 Å². The van der Waals surface area contributed by atoms with Crippen LogP contribution in [0.5, 0.6) is 0 Å². The Morgan fingerprint density at radius 3 is 2.76 bits per heavy atom. The number of benzene rings is 1. The number of pyridine rings is 1. The van der Waals surface area contributed by atoms with E-state index >= 15 is 0 Å². The minimum absolute atomic E-state index is 0.744. The molecule has 3 rings (SSSR count). The van der Waals surface area contributed by atoms with Gasteiger partial charge in [-0.15, -0.1) is 0 Å². The molecule has 106 valence electrons. The predicted molar refractivity (Wildman–Crippen MR) is 85.2 cm³/mol. The number of nitrogens with zero attached hydrogens (tertiary/aromatic N) is 3. The molecule has 3 aromatic rings. The zero-order valence-corrected chi connectivity index (χ0v) is 12.0. The number of aromatic nitrogens is 3. The quantitative estimate of drug-likeness (QED) is 0.777. The predicted octanol–water partition coefficient (Wildman–Crippen LogP) is 3.43. The van der Waals surface area contributed by atoms with Crippen molar-refractivity contribution in [1.82, 2.24) is 14.8 Å². The Morgan fingerprint density at radius 2 is 1.95 bits per heavy atom. The van der Waals surface area contributed by atoms with Gasteiger partial charge < -0.3 is 5.32 Å². The Kier molecular flexibility index (Phi) is 3.96. The fourth-order valence-electron chi connectivity index (χ4n) is 2.27. The third kappa shape index (κ3) is 3.28. The van der Waals surface area contributed by atoms with Gasteiger partial charge in [0.15, 0.2) is 0 Å². The smallest absolute Gasteiger partial charge is 0.126 e. The molecular weight excluding hydrogens is 260 g/mol. The van der Waals surface area contributed by atoms with E-state index in [0.717, 1.165) is 24.5 Å². The van der Waals surface area contributed by atoms with E-state index in [9.17, 15) is 0 Å². The van der Waals surface area contributed by atoms with Crippen molar-refractivity contribution < 1.29 is 0 Å². The summed E-state index contributed by atoms with van der Waals surface area (Å²) in [6, 6.07) is 14.4. The topological polar surface area (TPSA) is 42.7 Å². The third-order valence-corrected chi connectivity index (χ3v) is 3.27. The largest absolute Gasteiger partial charge is 0.370 e. The van der Waals surface area contributed by atoms with Crippen LogP contribution in [0.2, 0.25) is 0 Å². The van der Waals surface area contributed by atoms with E-state index in [1.807, 2.05) is 41.3 Å². The molecular formula is C17H18N4. The SMILES string of the molecule is CCNc1cc(Cn2cc(-c3ccccc3)cn2)ccn1. The lowest BCUT2D eigenvalue weighted by Gasteiger charge is -2.05. The summed E-state index contributed by atoms with van der Waals surface area (Å²) < 4.78 is 1.95. The van der Waals surface area contributed by atoms with Crippen molar-refractivity contribution in [1.29, 1.82) is 0 Å². The Labute approximate surface area is 124 Å². The lowest BCUT2D eigenvalue weighted by atomic mass is 10.1. The average Bonchev–Trinajstić information content (AvgIpc) is 2.97. The molecule has 1 aromatic carbocycles. The minimum atomic E-state index is 0.744. The van der Waals surface area contributed by atoms with E-state index < -0.39 is 0 Å². The first-order chi connectivity index (χ1) is 10.3. The molecule has 0 aliphatic carbocycles. The van der Waals surface area contributed by atoms with Crippen LogP contribution in [0.15, 0.2) is 61.1 Å². The van der Waals surface area contributed by atoms with Gasteiger partial charge in [0.25, 0.3) is 0 Å². The molecule has 0 radical (unpaired) electrons. The van der Waals surface area contributed by atoms with Gasteiger partial charge in [-0.1, -0.05) is 30.3 Å². The molecule has 0 aliphatic heterocycles. The van der Waals surface area contributed by atoms with Crippen LogP contribution in [0.3, 0.4) is 0 Å². The zero-order chi connectivity index (χ0) is 14.5. The Bertz CT molecular complexity index is 704. The second-order valence-electron chi connectivity index (χ2n) is 4.87. The van der Waals surface area contributed by atoms with E-state index in [1.165, 1.54) is 11.1 Å². The first kappa shape index (κ1) is 13.4. The summed E-state index contributed by atoms with van der Waals surface area (Å²) >= 11 is 0. The lowest BCUT2D eigenvalue weighted by Crippen LogP contribution is -2.03. The van der Waals surface area contributed by atoms with E-state index in [0.29, 0.717) is 0 Å². The van der Waals surface area contributed by atoms with Gasteiger partial charge in [0.1, 0.15) is 5.82 Å². The molecule has 0 amide bonds. The van der Waals surface area contributed by atoms with Crippen molar-refractivity contribution in [2.24, 2.45) is 0 Å². The molecule has 4 heteroatoms. The zero-order valence-electron chi connectivity index (χ0n) is 12.0. The van der Waals surface area contributed by atoms with Gasteiger partial charge in [0.05, 0.1) is 12.7 Å². The molecule has 0 unspecified atom stereocenters.